The molecule has 0 saturated carbocycles. The highest BCUT2D eigenvalue weighted by atomic mass is 35.5. The van der Waals surface area contributed by atoms with E-state index in [4.69, 9.17) is 11.6 Å². The summed E-state index contributed by atoms with van der Waals surface area (Å²) in [5.41, 5.74) is 2.55. The number of thioether (sulfide) groups is 2. The van der Waals surface area contributed by atoms with Crippen molar-refractivity contribution in [1.29, 1.82) is 0 Å². The predicted octanol–water partition coefficient (Wildman–Crippen LogP) is 8.36. The second kappa shape index (κ2) is 10.1. The molecule has 0 aromatic heterocycles. The van der Waals surface area contributed by atoms with E-state index in [1.54, 1.807) is 0 Å². The molecule has 3 aromatic rings. The lowest BCUT2D eigenvalue weighted by atomic mass is 10.1. The average molecular weight is 411 g/mol. The van der Waals surface area contributed by atoms with Crippen molar-refractivity contribution in [3.05, 3.63) is 106 Å². The van der Waals surface area contributed by atoms with E-state index in [1.807, 2.05) is 35.7 Å². The lowest BCUT2D eigenvalue weighted by Gasteiger charge is -2.22. The molecule has 0 bridgehead atoms. The second-order valence-corrected chi connectivity index (χ2v) is 9.75. The van der Waals surface area contributed by atoms with Crippen LogP contribution in [-0.4, -0.2) is 5.25 Å². The maximum Gasteiger partial charge on any atom is 0.0653 e. The molecular formula is C24H23ClS2. The van der Waals surface area contributed by atoms with Gasteiger partial charge in [0.05, 0.1) is 5.25 Å². The van der Waals surface area contributed by atoms with Gasteiger partial charge in [-0.3, -0.25) is 0 Å². The molecule has 0 aliphatic carbocycles. The van der Waals surface area contributed by atoms with Gasteiger partial charge < -0.3 is 0 Å². The first-order chi connectivity index (χ1) is 13.1. The van der Waals surface area contributed by atoms with Gasteiger partial charge in [-0.25, -0.2) is 0 Å². The second-order valence-electron chi connectivity index (χ2n) is 6.49. The highest BCUT2D eigenvalue weighted by Gasteiger charge is 2.20. The molecule has 0 spiro atoms. The van der Waals surface area contributed by atoms with Gasteiger partial charge in [-0.2, -0.15) is 0 Å². The van der Waals surface area contributed by atoms with Gasteiger partial charge in [0.2, 0.25) is 0 Å². The predicted molar refractivity (Wildman–Crippen MR) is 124 cm³/mol. The summed E-state index contributed by atoms with van der Waals surface area (Å²) < 4.78 is 0. The molecule has 3 rings (SSSR count). The third-order valence-corrected chi connectivity index (χ3v) is 6.71. The van der Waals surface area contributed by atoms with Gasteiger partial charge in [0.25, 0.3) is 0 Å². The van der Waals surface area contributed by atoms with E-state index >= 15 is 0 Å². The maximum absolute atomic E-state index is 6.08. The minimum Gasteiger partial charge on any atom is -0.126 e. The zero-order valence-corrected chi connectivity index (χ0v) is 17.9. The first-order valence-electron chi connectivity index (χ1n) is 9.02. The molecule has 0 heterocycles. The average Bonchev–Trinajstić information content (AvgIpc) is 2.68. The SMILES string of the molecule is CC(C)S/C(=C\c1ccccc1)[C@@H](Sc1ccc(Cl)cc1)c1ccccc1. The Morgan fingerprint density at radius 3 is 2.00 bits per heavy atom. The molecule has 138 valence electrons. The van der Waals surface area contributed by atoms with Crippen molar-refractivity contribution >= 4 is 41.2 Å². The quantitative estimate of drug-likeness (QED) is 0.359. The molecular weight excluding hydrogens is 388 g/mol. The molecule has 1 atom stereocenters. The molecule has 3 aromatic carbocycles. The zero-order valence-electron chi connectivity index (χ0n) is 15.5. The van der Waals surface area contributed by atoms with Crippen molar-refractivity contribution in [1.82, 2.24) is 0 Å². The van der Waals surface area contributed by atoms with Crippen LogP contribution in [0.15, 0.2) is 94.7 Å². The molecule has 0 aliphatic heterocycles. The van der Waals surface area contributed by atoms with Crippen LogP contribution in [0.1, 0.15) is 30.2 Å². The van der Waals surface area contributed by atoms with E-state index in [2.05, 4.69) is 92.7 Å². The van der Waals surface area contributed by atoms with Crippen molar-refractivity contribution in [2.24, 2.45) is 0 Å². The van der Waals surface area contributed by atoms with Crippen LogP contribution >= 0.6 is 35.1 Å². The molecule has 27 heavy (non-hydrogen) atoms. The Kier molecular flexibility index (Phi) is 7.51. The summed E-state index contributed by atoms with van der Waals surface area (Å²) in [5.74, 6) is 0. The van der Waals surface area contributed by atoms with Crippen LogP contribution in [0.4, 0.5) is 0 Å². The van der Waals surface area contributed by atoms with Crippen LogP contribution in [0.2, 0.25) is 5.02 Å². The Morgan fingerprint density at radius 2 is 1.41 bits per heavy atom. The topological polar surface area (TPSA) is 0 Å². The van der Waals surface area contributed by atoms with E-state index in [1.165, 1.54) is 20.9 Å². The van der Waals surface area contributed by atoms with Crippen molar-refractivity contribution in [3.63, 3.8) is 0 Å². The van der Waals surface area contributed by atoms with Gasteiger partial charge >= 0.3 is 0 Å². The standard InChI is InChI=1S/C24H23ClS2/c1-18(2)26-23(17-19-9-5-3-6-10-19)24(20-11-7-4-8-12-20)27-22-15-13-21(25)14-16-22/h3-18,24H,1-2H3/b23-17-/t24-/m0/s1. The molecule has 0 N–H and O–H groups in total. The van der Waals surface area contributed by atoms with Crippen LogP contribution in [0, 0.1) is 0 Å². The van der Waals surface area contributed by atoms with Crippen LogP contribution in [-0.2, 0) is 0 Å². The summed E-state index contributed by atoms with van der Waals surface area (Å²) in [7, 11) is 0. The van der Waals surface area contributed by atoms with Crippen LogP contribution in [0.5, 0.6) is 0 Å². The molecule has 0 fully saturated rings. The maximum atomic E-state index is 6.08. The highest BCUT2D eigenvalue weighted by molar-refractivity contribution is 8.06. The van der Waals surface area contributed by atoms with Crippen LogP contribution < -0.4 is 0 Å². The highest BCUT2D eigenvalue weighted by Crippen LogP contribution is 2.46. The number of benzene rings is 3. The molecule has 0 aliphatic rings. The molecule has 0 radical (unpaired) electrons. The molecule has 0 saturated heterocycles. The normalized spacial score (nSPS) is 13.0. The molecule has 0 unspecified atom stereocenters. The summed E-state index contributed by atoms with van der Waals surface area (Å²) in [4.78, 5) is 2.58. The minimum absolute atomic E-state index is 0.236. The fraction of sp³-hybridized carbons (Fsp3) is 0.167. The van der Waals surface area contributed by atoms with Gasteiger partial charge in [0.1, 0.15) is 0 Å². The van der Waals surface area contributed by atoms with Crippen molar-refractivity contribution in [2.45, 2.75) is 29.2 Å². The lowest BCUT2D eigenvalue weighted by Crippen LogP contribution is -2.00. The third kappa shape index (κ3) is 6.21. The summed E-state index contributed by atoms with van der Waals surface area (Å²) in [6.07, 6.45) is 2.32. The van der Waals surface area contributed by atoms with E-state index in [-0.39, 0.29) is 5.25 Å². The molecule has 0 nitrogen and oxygen atoms in total. The third-order valence-electron chi connectivity index (χ3n) is 3.91. The largest absolute Gasteiger partial charge is 0.126 e. The van der Waals surface area contributed by atoms with E-state index in [0.717, 1.165) is 5.02 Å². The monoisotopic (exact) mass is 410 g/mol. The summed E-state index contributed by atoms with van der Waals surface area (Å²) in [6.45, 7) is 4.50. The number of halogens is 1. The van der Waals surface area contributed by atoms with Gasteiger partial charge in [-0.1, -0.05) is 86.1 Å². The number of hydrogen-bond acceptors (Lipinski definition) is 2. The van der Waals surface area contributed by atoms with Gasteiger partial charge in [-0.05, 0) is 41.5 Å². The first kappa shape index (κ1) is 20.1. The number of rotatable bonds is 7. The van der Waals surface area contributed by atoms with E-state index in [0.29, 0.717) is 5.25 Å². The van der Waals surface area contributed by atoms with E-state index < -0.39 is 0 Å². The van der Waals surface area contributed by atoms with Crippen molar-refractivity contribution in [2.75, 3.05) is 0 Å². The lowest BCUT2D eigenvalue weighted by molar-refractivity contribution is 1.11. The van der Waals surface area contributed by atoms with E-state index in [9.17, 15) is 0 Å². The van der Waals surface area contributed by atoms with Gasteiger partial charge in [-0.15, -0.1) is 23.5 Å². The van der Waals surface area contributed by atoms with Crippen molar-refractivity contribution < 1.29 is 0 Å². The van der Waals surface area contributed by atoms with Gasteiger partial charge in [0.15, 0.2) is 0 Å². The van der Waals surface area contributed by atoms with Crippen LogP contribution in [0.25, 0.3) is 6.08 Å². The summed E-state index contributed by atoms with van der Waals surface area (Å²) in [6, 6.07) is 29.4. The zero-order chi connectivity index (χ0) is 19.1. The Balaban J connectivity index is 2.01. The smallest absolute Gasteiger partial charge is 0.0653 e. The van der Waals surface area contributed by atoms with Gasteiger partial charge in [0, 0.05) is 20.1 Å². The summed E-state index contributed by atoms with van der Waals surface area (Å²) in [5, 5.41) is 1.52. The fourth-order valence-electron chi connectivity index (χ4n) is 2.72. The Labute approximate surface area is 176 Å². The molecule has 3 heteroatoms. The summed E-state index contributed by atoms with van der Waals surface area (Å²) >= 11 is 9.89. The minimum atomic E-state index is 0.236. The van der Waals surface area contributed by atoms with Crippen molar-refractivity contribution in [3.8, 4) is 0 Å². The number of hydrogen-bond donors (Lipinski definition) is 0. The first-order valence-corrected chi connectivity index (χ1v) is 11.2. The fourth-order valence-corrected chi connectivity index (χ4v) is 5.21. The Hall–Kier alpha value is -1.61. The Bertz CT molecular complexity index is 856. The van der Waals surface area contributed by atoms with Crippen LogP contribution in [0.3, 0.4) is 0 Å². The Morgan fingerprint density at radius 1 is 0.815 bits per heavy atom. The molecule has 0 amide bonds.